The summed E-state index contributed by atoms with van der Waals surface area (Å²) < 4.78 is 0. The second kappa shape index (κ2) is 4.81. The van der Waals surface area contributed by atoms with Gasteiger partial charge in [0.15, 0.2) is 6.04 Å². The van der Waals surface area contributed by atoms with Crippen molar-refractivity contribution in [2.75, 3.05) is 0 Å². The fourth-order valence-electron chi connectivity index (χ4n) is 0.793. The maximum atomic E-state index is 11.1. The van der Waals surface area contributed by atoms with Crippen molar-refractivity contribution in [3.63, 3.8) is 0 Å². The highest BCUT2D eigenvalue weighted by molar-refractivity contribution is 5.85. The molecule has 13 heavy (non-hydrogen) atoms. The van der Waals surface area contributed by atoms with E-state index in [4.69, 9.17) is 0 Å². The van der Waals surface area contributed by atoms with Gasteiger partial charge in [0.1, 0.15) is 0 Å². The molecule has 5 heteroatoms. The second-order valence-electron chi connectivity index (χ2n) is 3.45. The predicted octanol–water partition coefficient (Wildman–Crippen LogP) is -2.49. The minimum absolute atomic E-state index is 0.187. The molecule has 0 bridgehead atoms. The topological polar surface area (TPSA) is 96.9 Å². The lowest BCUT2D eigenvalue weighted by Gasteiger charge is -2.23. The summed E-state index contributed by atoms with van der Waals surface area (Å²) in [5.41, 5.74) is 3.48. The van der Waals surface area contributed by atoms with Crippen molar-refractivity contribution < 1.29 is 20.4 Å². The Morgan fingerprint density at radius 3 is 2.00 bits per heavy atom. The molecular formula is C8H16N2O3. The van der Waals surface area contributed by atoms with E-state index in [9.17, 15) is 14.7 Å². The molecule has 0 aromatic carbocycles. The first-order valence-corrected chi connectivity index (χ1v) is 4.20. The van der Waals surface area contributed by atoms with Crippen LogP contribution in [0.3, 0.4) is 0 Å². The van der Waals surface area contributed by atoms with Crippen LogP contribution in [0.25, 0.3) is 0 Å². The summed E-state index contributed by atoms with van der Waals surface area (Å²) in [6, 6.07) is -1.39. The molecular weight excluding hydrogens is 172 g/mol. The van der Waals surface area contributed by atoms with Gasteiger partial charge in [-0.25, -0.2) is 0 Å². The maximum Gasteiger partial charge on any atom is 0.278 e. The average molecular weight is 188 g/mol. The molecule has 76 valence electrons. The average Bonchev–Trinajstić information content (AvgIpc) is 1.97. The highest BCUT2D eigenvalue weighted by Crippen LogP contribution is 2.00. The summed E-state index contributed by atoms with van der Waals surface area (Å²) in [6.07, 6.45) is 0. The highest BCUT2D eigenvalue weighted by atomic mass is 16.4. The van der Waals surface area contributed by atoms with E-state index in [2.05, 4.69) is 11.1 Å². The Labute approximate surface area is 77.3 Å². The molecule has 0 aliphatic heterocycles. The van der Waals surface area contributed by atoms with Crippen LogP contribution in [0, 0.1) is 5.92 Å². The number of carboxylic acid groups (broad SMARTS) is 1. The Morgan fingerprint density at radius 2 is 1.77 bits per heavy atom. The fraction of sp³-hybridized carbons (Fsp3) is 0.750. The largest absolute Gasteiger partial charge is 0.548 e. The number of nitrogens with one attached hydrogen (secondary N) is 1. The maximum absolute atomic E-state index is 11.1. The van der Waals surface area contributed by atoms with Crippen molar-refractivity contribution in [1.82, 2.24) is 5.32 Å². The van der Waals surface area contributed by atoms with Crippen molar-refractivity contribution in [1.29, 1.82) is 0 Å². The smallest absolute Gasteiger partial charge is 0.278 e. The van der Waals surface area contributed by atoms with E-state index >= 15 is 0 Å². The van der Waals surface area contributed by atoms with E-state index in [1.54, 1.807) is 20.8 Å². The summed E-state index contributed by atoms with van der Waals surface area (Å²) in [7, 11) is 0. The summed E-state index contributed by atoms with van der Waals surface area (Å²) in [6.45, 7) is 5.00. The van der Waals surface area contributed by atoms with Crippen molar-refractivity contribution in [3.05, 3.63) is 0 Å². The normalized spacial score (nSPS) is 15.2. The molecule has 0 aromatic heterocycles. The fourth-order valence-corrected chi connectivity index (χ4v) is 0.793. The SMILES string of the molecule is CC(C)[C@@H](NC(=O)[C@@H](C)[NH3+])C(=O)[O-]. The Hall–Kier alpha value is -1.10. The molecule has 0 aliphatic carbocycles. The number of carbonyl (C=O) groups excluding carboxylic acids is 2. The van der Waals surface area contributed by atoms with Crippen LogP contribution < -0.4 is 16.2 Å². The lowest BCUT2D eigenvalue weighted by Crippen LogP contribution is -2.67. The van der Waals surface area contributed by atoms with E-state index in [0.717, 1.165) is 0 Å². The van der Waals surface area contributed by atoms with Crippen LogP contribution in [0.1, 0.15) is 20.8 Å². The molecule has 0 saturated heterocycles. The van der Waals surface area contributed by atoms with Crippen molar-refractivity contribution in [3.8, 4) is 0 Å². The molecule has 0 saturated carbocycles. The zero-order valence-corrected chi connectivity index (χ0v) is 8.16. The highest BCUT2D eigenvalue weighted by Gasteiger charge is 2.20. The van der Waals surface area contributed by atoms with E-state index < -0.39 is 18.1 Å². The monoisotopic (exact) mass is 188 g/mol. The molecule has 0 aromatic rings. The predicted molar refractivity (Wildman–Crippen MR) is 44.1 cm³/mol. The molecule has 5 nitrogen and oxygen atoms in total. The quantitative estimate of drug-likeness (QED) is 0.510. The number of rotatable bonds is 4. The number of hydrogen-bond acceptors (Lipinski definition) is 3. The molecule has 0 unspecified atom stereocenters. The van der Waals surface area contributed by atoms with Crippen molar-refractivity contribution >= 4 is 11.9 Å². The number of amides is 1. The van der Waals surface area contributed by atoms with Gasteiger partial charge >= 0.3 is 0 Å². The van der Waals surface area contributed by atoms with Crippen LogP contribution in [-0.4, -0.2) is 24.0 Å². The van der Waals surface area contributed by atoms with E-state index in [-0.39, 0.29) is 11.8 Å². The third kappa shape index (κ3) is 3.89. The molecule has 0 fully saturated rings. The standard InChI is InChI=1S/C8H16N2O3/c1-4(2)6(8(12)13)10-7(11)5(3)9/h4-6H,9H2,1-3H3,(H,10,11)(H,12,13)/t5-,6-/m1/s1. The third-order valence-electron chi connectivity index (χ3n) is 1.67. The first kappa shape index (κ1) is 11.9. The van der Waals surface area contributed by atoms with E-state index in [1.807, 2.05) is 0 Å². The van der Waals surface area contributed by atoms with Crippen molar-refractivity contribution in [2.45, 2.75) is 32.9 Å². The molecule has 0 radical (unpaired) electrons. The Kier molecular flexibility index (Phi) is 4.40. The van der Waals surface area contributed by atoms with Gasteiger partial charge < -0.3 is 21.0 Å². The molecule has 1 amide bonds. The number of quaternary nitrogens is 1. The lowest BCUT2D eigenvalue weighted by atomic mass is 10.0. The Morgan fingerprint density at radius 1 is 1.31 bits per heavy atom. The van der Waals surface area contributed by atoms with Gasteiger partial charge in [0.05, 0.1) is 12.0 Å². The minimum atomic E-state index is -1.26. The van der Waals surface area contributed by atoms with Gasteiger partial charge in [-0.3, -0.25) is 4.79 Å². The van der Waals surface area contributed by atoms with Gasteiger partial charge in [-0.1, -0.05) is 13.8 Å². The number of carbonyl (C=O) groups is 2. The van der Waals surface area contributed by atoms with Gasteiger partial charge in [0.2, 0.25) is 0 Å². The van der Waals surface area contributed by atoms with Gasteiger partial charge in [0.25, 0.3) is 5.91 Å². The third-order valence-corrected chi connectivity index (χ3v) is 1.67. The number of aliphatic carboxylic acids is 1. The number of carboxylic acids is 1. The summed E-state index contributed by atoms with van der Waals surface area (Å²) in [5, 5.41) is 12.9. The molecule has 0 heterocycles. The van der Waals surface area contributed by atoms with Gasteiger partial charge in [0, 0.05) is 0 Å². The second-order valence-corrected chi connectivity index (χ2v) is 3.45. The van der Waals surface area contributed by atoms with Gasteiger partial charge in [-0.15, -0.1) is 0 Å². The Bertz CT molecular complexity index is 202. The first-order valence-electron chi connectivity index (χ1n) is 4.20. The molecule has 0 aliphatic rings. The van der Waals surface area contributed by atoms with Crippen LogP contribution in [0.15, 0.2) is 0 Å². The van der Waals surface area contributed by atoms with Crippen LogP contribution in [0.4, 0.5) is 0 Å². The van der Waals surface area contributed by atoms with Crippen LogP contribution >= 0.6 is 0 Å². The van der Waals surface area contributed by atoms with Gasteiger partial charge in [-0.05, 0) is 12.8 Å². The van der Waals surface area contributed by atoms with Crippen LogP contribution in [0.5, 0.6) is 0 Å². The summed E-state index contributed by atoms with van der Waals surface area (Å²) >= 11 is 0. The van der Waals surface area contributed by atoms with E-state index in [1.165, 1.54) is 0 Å². The summed E-state index contributed by atoms with van der Waals surface area (Å²) in [4.78, 5) is 21.7. The molecule has 0 spiro atoms. The molecule has 0 rings (SSSR count). The summed E-state index contributed by atoms with van der Waals surface area (Å²) in [5.74, 6) is -1.82. The zero-order chi connectivity index (χ0) is 10.6. The lowest BCUT2D eigenvalue weighted by molar-refractivity contribution is -0.398. The molecule has 4 N–H and O–H groups in total. The number of hydrogen-bond donors (Lipinski definition) is 2. The molecule has 2 atom stereocenters. The Balaban J connectivity index is 4.27. The van der Waals surface area contributed by atoms with Crippen molar-refractivity contribution in [2.24, 2.45) is 5.92 Å². The zero-order valence-electron chi connectivity index (χ0n) is 8.16. The van der Waals surface area contributed by atoms with Crippen LogP contribution in [-0.2, 0) is 9.59 Å². The first-order chi connectivity index (χ1) is 5.86. The van der Waals surface area contributed by atoms with Gasteiger partial charge in [-0.2, -0.15) is 0 Å². The van der Waals surface area contributed by atoms with E-state index in [0.29, 0.717) is 0 Å². The van der Waals surface area contributed by atoms with Crippen LogP contribution in [0.2, 0.25) is 0 Å². The minimum Gasteiger partial charge on any atom is -0.548 e.